The second-order valence-electron chi connectivity index (χ2n) is 10.9. The summed E-state index contributed by atoms with van der Waals surface area (Å²) in [6.07, 6.45) is 5.69. The van der Waals surface area contributed by atoms with Gasteiger partial charge in [0.1, 0.15) is 17.4 Å². The van der Waals surface area contributed by atoms with E-state index < -0.39 is 21.7 Å². The third kappa shape index (κ3) is 7.56. The first-order chi connectivity index (χ1) is 19.0. The highest BCUT2D eigenvalue weighted by molar-refractivity contribution is 7.90. The van der Waals surface area contributed by atoms with Gasteiger partial charge in [0.25, 0.3) is 15.9 Å². The van der Waals surface area contributed by atoms with Crippen LogP contribution in [0.4, 0.5) is 10.2 Å². The third-order valence-corrected chi connectivity index (χ3v) is 8.09. The maximum Gasteiger partial charge on any atom is 0.281 e. The van der Waals surface area contributed by atoms with E-state index in [0.717, 1.165) is 25.7 Å². The molecule has 1 aromatic carbocycles. The zero-order valence-corrected chi connectivity index (χ0v) is 24.3. The zero-order chi connectivity index (χ0) is 28.9. The van der Waals surface area contributed by atoms with Crippen molar-refractivity contribution in [3.63, 3.8) is 0 Å². The molecule has 214 valence electrons. The van der Waals surface area contributed by atoms with Crippen LogP contribution in [0.2, 0.25) is 0 Å². The molecule has 0 radical (unpaired) electrons. The molecule has 1 amide bonds. The molecule has 2 heterocycles. The number of halogens is 1. The Morgan fingerprint density at radius 2 is 1.85 bits per heavy atom. The van der Waals surface area contributed by atoms with E-state index in [4.69, 9.17) is 9.72 Å². The number of sulfonamides is 1. The van der Waals surface area contributed by atoms with Crippen molar-refractivity contribution in [3.8, 4) is 17.0 Å². The van der Waals surface area contributed by atoms with E-state index in [0.29, 0.717) is 47.6 Å². The minimum absolute atomic E-state index is 0.103. The largest absolute Gasteiger partial charge is 0.493 e. The summed E-state index contributed by atoms with van der Waals surface area (Å²) in [5.74, 6) is 0.143. The van der Waals surface area contributed by atoms with E-state index in [1.807, 2.05) is 25.8 Å². The van der Waals surface area contributed by atoms with Crippen LogP contribution in [0.1, 0.15) is 62.0 Å². The van der Waals surface area contributed by atoms with Crippen molar-refractivity contribution in [3.05, 3.63) is 65.6 Å². The lowest BCUT2D eigenvalue weighted by Gasteiger charge is -2.29. The molecule has 1 aliphatic rings. The smallest absolute Gasteiger partial charge is 0.281 e. The van der Waals surface area contributed by atoms with Crippen molar-refractivity contribution in [1.82, 2.24) is 14.7 Å². The number of carbonyl (C=O) groups is 1. The number of nitrogens with zero attached hydrogens (tertiary/aromatic N) is 3. The quantitative estimate of drug-likeness (QED) is 0.332. The van der Waals surface area contributed by atoms with Crippen LogP contribution in [0.25, 0.3) is 11.3 Å². The van der Waals surface area contributed by atoms with Crippen LogP contribution in [0.3, 0.4) is 0 Å². The van der Waals surface area contributed by atoms with Gasteiger partial charge in [-0.2, -0.15) is 8.42 Å². The Hall–Kier alpha value is -3.53. The van der Waals surface area contributed by atoms with Gasteiger partial charge >= 0.3 is 0 Å². The van der Waals surface area contributed by atoms with Gasteiger partial charge in [0.2, 0.25) is 0 Å². The average molecular weight is 569 g/mol. The highest BCUT2D eigenvalue weighted by Gasteiger charge is 2.26. The number of ether oxygens (including phenoxy) is 1. The van der Waals surface area contributed by atoms with E-state index in [2.05, 4.69) is 9.71 Å². The van der Waals surface area contributed by atoms with E-state index in [9.17, 15) is 17.6 Å². The number of anilines is 1. The van der Waals surface area contributed by atoms with Crippen LogP contribution < -0.4 is 14.4 Å². The fraction of sp³-hybridized carbons (Fsp3) is 0.433. The predicted molar refractivity (Wildman–Crippen MR) is 153 cm³/mol. The van der Waals surface area contributed by atoms with Crippen molar-refractivity contribution < 1.29 is 22.3 Å². The highest BCUT2D eigenvalue weighted by atomic mass is 32.2. The standard InChI is InChI=1S/C30H37FN4O4S/c1-20(2)19-39-25-16-23(15-24(31)17-25)27-14-13-26(29(33-27)35(4)18-22-10-6-5-7-11-22)30(36)34-40(37,38)28-12-8-9-21(3)32-28/h8-9,12-17,20,22H,5-7,10-11,18-19H2,1-4H3,(H,34,36). The summed E-state index contributed by atoms with van der Waals surface area (Å²) in [7, 11) is -2.37. The molecule has 1 fully saturated rings. The van der Waals surface area contributed by atoms with Crippen molar-refractivity contribution in [2.75, 3.05) is 25.1 Å². The Morgan fingerprint density at radius 3 is 2.55 bits per heavy atom. The van der Waals surface area contributed by atoms with E-state index in [1.54, 1.807) is 31.2 Å². The lowest BCUT2D eigenvalue weighted by molar-refractivity contribution is 0.0981. The average Bonchev–Trinajstić information content (AvgIpc) is 2.91. The Bertz CT molecular complexity index is 1460. The SMILES string of the molecule is Cc1cccc(S(=O)(=O)NC(=O)c2ccc(-c3cc(F)cc(OCC(C)C)c3)nc2N(C)CC2CCCCC2)n1. The van der Waals surface area contributed by atoms with Crippen molar-refractivity contribution >= 4 is 21.7 Å². The number of pyridine rings is 2. The number of aromatic nitrogens is 2. The number of hydrogen-bond acceptors (Lipinski definition) is 7. The molecule has 10 heteroatoms. The Kier molecular flexibility index (Phi) is 9.40. The lowest BCUT2D eigenvalue weighted by atomic mass is 9.89. The number of nitrogens with one attached hydrogen (secondary N) is 1. The molecule has 1 saturated carbocycles. The summed E-state index contributed by atoms with van der Waals surface area (Å²) in [4.78, 5) is 24.1. The predicted octanol–water partition coefficient (Wildman–Crippen LogP) is 5.76. The minimum atomic E-state index is -4.21. The van der Waals surface area contributed by atoms with Crippen LogP contribution >= 0.6 is 0 Å². The molecule has 0 saturated heterocycles. The molecule has 0 aliphatic heterocycles. The van der Waals surface area contributed by atoms with E-state index >= 15 is 0 Å². The van der Waals surface area contributed by atoms with Crippen molar-refractivity contribution in [2.24, 2.45) is 11.8 Å². The van der Waals surface area contributed by atoms with Crippen LogP contribution in [-0.2, 0) is 10.0 Å². The number of carbonyl (C=O) groups excluding carboxylic acids is 1. The zero-order valence-electron chi connectivity index (χ0n) is 23.5. The first kappa shape index (κ1) is 29.5. The first-order valence-electron chi connectivity index (χ1n) is 13.7. The number of hydrogen-bond donors (Lipinski definition) is 1. The molecule has 0 bridgehead atoms. The summed E-state index contributed by atoms with van der Waals surface area (Å²) in [6.45, 7) is 6.79. The summed E-state index contributed by atoms with van der Waals surface area (Å²) >= 11 is 0. The summed E-state index contributed by atoms with van der Waals surface area (Å²) in [5, 5.41) is -0.240. The Balaban J connectivity index is 1.69. The monoisotopic (exact) mass is 568 g/mol. The summed E-state index contributed by atoms with van der Waals surface area (Å²) in [5.41, 5.74) is 1.56. The normalized spacial score (nSPS) is 14.2. The van der Waals surface area contributed by atoms with Gasteiger partial charge in [-0.1, -0.05) is 39.2 Å². The van der Waals surface area contributed by atoms with Gasteiger partial charge in [0.15, 0.2) is 5.03 Å². The topological polar surface area (TPSA) is 101 Å². The van der Waals surface area contributed by atoms with Crippen molar-refractivity contribution in [2.45, 2.75) is 57.9 Å². The molecule has 0 unspecified atom stereocenters. The fourth-order valence-electron chi connectivity index (χ4n) is 4.87. The van der Waals surface area contributed by atoms with Crippen LogP contribution in [0.15, 0.2) is 53.6 Å². The van der Waals surface area contributed by atoms with Gasteiger partial charge in [-0.3, -0.25) is 4.79 Å². The molecule has 8 nitrogen and oxygen atoms in total. The molecule has 3 aromatic rings. The molecule has 2 aromatic heterocycles. The van der Waals surface area contributed by atoms with Crippen LogP contribution in [0, 0.1) is 24.6 Å². The van der Waals surface area contributed by atoms with E-state index in [-0.39, 0.29) is 16.5 Å². The summed E-state index contributed by atoms with van der Waals surface area (Å²) in [6, 6.07) is 12.1. The first-order valence-corrected chi connectivity index (χ1v) is 15.2. The van der Waals surface area contributed by atoms with Crippen LogP contribution in [-0.4, -0.2) is 44.5 Å². The molecular weight excluding hydrogens is 531 g/mol. The van der Waals surface area contributed by atoms with Gasteiger partial charge in [-0.05, 0) is 68.0 Å². The molecular formula is C30H37FN4O4S. The fourth-order valence-corrected chi connectivity index (χ4v) is 5.86. The highest BCUT2D eigenvalue weighted by Crippen LogP contribution is 2.30. The molecule has 0 atom stereocenters. The molecule has 1 aliphatic carbocycles. The van der Waals surface area contributed by atoms with Crippen LogP contribution in [0.5, 0.6) is 5.75 Å². The molecule has 4 rings (SSSR count). The van der Waals surface area contributed by atoms with Gasteiger partial charge in [-0.25, -0.2) is 19.1 Å². The Labute approximate surface area is 236 Å². The van der Waals surface area contributed by atoms with Gasteiger partial charge in [0.05, 0.1) is 17.9 Å². The second kappa shape index (κ2) is 12.8. The molecule has 0 spiro atoms. The number of rotatable bonds is 10. The lowest BCUT2D eigenvalue weighted by Crippen LogP contribution is -2.34. The third-order valence-electron chi connectivity index (χ3n) is 6.85. The molecule has 1 N–H and O–H groups in total. The maximum atomic E-state index is 14.5. The summed E-state index contributed by atoms with van der Waals surface area (Å²) < 4.78 is 48.3. The Morgan fingerprint density at radius 1 is 1.10 bits per heavy atom. The molecule has 40 heavy (non-hydrogen) atoms. The number of amides is 1. The number of aryl methyl sites for hydroxylation is 1. The van der Waals surface area contributed by atoms with Gasteiger partial charge in [0, 0.05) is 30.9 Å². The number of benzene rings is 1. The minimum Gasteiger partial charge on any atom is -0.493 e. The van der Waals surface area contributed by atoms with Gasteiger partial charge in [-0.15, -0.1) is 0 Å². The van der Waals surface area contributed by atoms with Gasteiger partial charge < -0.3 is 9.64 Å². The second-order valence-corrected chi connectivity index (χ2v) is 12.5. The maximum absolute atomic E-state index is 14.5. The van der Waals surface area contributed by atoms with Crippen molar-refractivity contribution in [1.29, 1.82) is 0 Å². The van der Waals surface area contributed by atoms with E-state index in [1.165, 1.54) is 30.7 Å².